The van der Waals surface area contributed by atoms with Crippen molar-refractivity contribution >= 4 is 0 Å². The number of fused-ring (bicyclic) bond motifs is 1. The lowest BCUT2D eigenvalue weighted by atomic mass is 9.83. The molecule has 2 aliphatic rings. The third kappa shape index (κ3) is 3.05. The molecule has 2 atom stereocenters. The number of halogens is 1. The molecule has 0 spiro atoms. The van der Waals surface area contributed by atoms with Crippen molar-refractivity contribution < 1.29 is 24.4 Å². The average Bonchev–Trinajstić information content (AvgIpc) is 2.63. The molecule has 4 rings (SSSR count). The summed E-state index contributed by atoms with van der Waals surface area (Å²) in [6.45, 7) is 1.53. The zero-order valence-electron chi connectivity index (χ0n) is 14.3. The second kappa shape index (κ2) is 6.54. The molecule has 0 amide bonds. The van der Waals surface area contributed by atoms with Gasteiger partial charge in [0.2, 0.25) is 0 Å². The van der Waals surface area contributed by atoms with E-state index in [4.69, 9.17) is 4.74 Å². The minimum Gasteiger partial charge on any atom is -0.508 e. The number of aliphatic hydroxyl groups excluding tert-OH is 1. The van der Waals surface area contributed by atoms with Gasteiger partial charge in [-0.15, -0.1) is 0 Å². The van der Waals surface area contributed by atoms with Crippen LogP contribution in [0.2, 0.25) is 0 Å². The normalized spacial score (nSPS) is 25.3. The van der Waals surface area contributed by atoms with Crippen LogP contribution in [0.3, 0.4) is 0 Å². The molecule has 0 unspecified atom stereocenters. The maximum atomic E-state index is 13.1. The highest BCUT2D eigenvalue weighted by Crippen LogP contribution is 2.39. The van der Waals surface area contributed by atoms with Crippen LogP contribution < -0.4 is 4.74 Å². The molecule has 1 saturated heterocycles. The number of hydrogen-bond donors (Lipinski definition) is 3. The number of aliphatic hydroxyl groups is 2. The second-order valence-electron chi connectivity index (χ2n) is 7.12. The molecule has 3 N–H and O–H groups in total. The quantitative estimate of drug-likeness (QED) is 0.767. The first-order valence-corrected chi connectivity index (χ1v) is 8.82. The van der Waals surface area contributed by atoms with Crippen LogP contribution in [0.15, 0.2) is 42.5 Å². The molecule has 5 nitrogen and oxygen atoms in total. The summed E-state index contributed by atoms with van der Waals surface area (Å²) in [4.78, 5) is 2.12. The van der Waals surface area contributed by atoms with Crippen LogP contribution in [-0.2, 0) is 5.60 Å². The highest BCUT2D eigenvalue weighted by atomic mass is 19.1. The van der Waals surface area contributed by atoms with Crippen molar-refractivity contribution in [2.75, 3.05) is 19.7 Å². The minimum absolute atomic E-state index is 0.108. The predicted octanol–water partition coefficient (Wildman–Crippen LogP) is 2.31. The van der Waals surface area contributed by atoms with Crippen molar-refractivity contribution in [2.45, 2.75) is 30.6 Å². The van der Waals surface area contributed by atoms with Crippen molar-refractivity contribution in [1.29, 1.82) is 0 Å². The molecule has 2 heterocycles. The van der Waals surface area contributed by atoms with Crippen LogP contribution in [0.5, 0.6) is 11.5 Å². The van der Waals surface area contributed by atoms with Gasteiger partial charge in [-0.2, -0.15) is 0 Å². The van der Waals surface area contributed by atoms with E-state index in [1.165, 1.54) is 24.3 Å². The highest BCUT2D eigenvalue weighted by molar-refractivity contribution is 5.43. The van der Waals surface area contributed by atoms with Crippen molar-refractivity contribution in [3.05, 3.63) is 59.4 Å². The molecule has 138 valence electrons. The Bertz CT molecular complexity index is 787. The molecule has 0 aliphatic carbocycles. The summed E-state index contributed by atoms with van der Waals surface area (Å²) < 4.78 is 18.9. The fourth-order valence-corrected chi connectivity index (χ4v) is 3.95. The molecule has 6 heteroatoms. The summed E-state index contributed by atoms with van der Waals surface area (Å²) in [6.07, 6.45) is 0.297. The zero-order chi connectivity index (χ0) is 18.3. The SMILES string of the molecule is Oc1ccc2c(c1)OC[C@H](N1CCC(O)(c3ccc(F)cc3)CC1)[C@@H]2O. The first-order chi connectivity index (χ1) is 12.5. The molecule has 0 radical (unpaired) electrons. The highest BCUT2D eigenvalue weighted by Gasteiger charge is 2.40. The summed E-state index contributed by atoms with van der Waals surface area (Å²) in [5.41, 5.74) is 0.409. The predicted molar refractivity (Wildman–Crippen MR) is 93.5 cm³/mol. The third-order valence-electron chi connectivity index (χ3n) is 5.57. The lowest BCUT2D eigenvalue weighted by molar-refractivity contribution is -0.0665. The molecular formula is C20H22FNO4. The maximum Gasteiger partial charge on any atom is 0.128 e. The summed E-state index contributed by atoms with van der Waals surface area (Å²) in [6, 6.07) is 10.5. The lowest BCUT2D eigenvalue weighted by Gasteiger charge is -2.44. The number of nitrogens with zero attached hydrogens (tertiary/aromatic N) is 1. The number of benzene rings is 2. The van der Waals surface area contributed by atoms with E-state index >= 15 is 0 Å². The Kier molecular flexibility index (Phi) is 4.34. The van der Waals surface area contributed by atoms with Crippen LogP contribution in [0.4, 0.5) is 4.39 Å². The summed E-state index contributed by atoms with van der Waals surface area (Å²) >= 11 is 0. The van der Waals surface area contributed by atoms with E-state index < -0.39 is 11.7 Å². The van der Waals surface area contributed by atoms with Gasteiger partial charge in [0.15, 0.2) is 0 Å². The van der Waals surface area contributed by atoms with Gasteiger partial charge in [-0.1, -0.05) is 12.1 Å². The van der Waals surface area contributed by atoms with Gasteiger partial charge in [0.1, 0.15) is 30.0 Å². The van der Waals surface area contributed by atoms with E-state index in [-0.39, 0.29) is 17.6 Å². The van der Waals surface area contributed by atoms with Gasteiger partial charge >= 0.3 is 0 Å². The van der Waals surface area contributed by atoms with E-state index in [1.54, 1.807) is 18.2 Å². The van der Waals surface area contributed by atoms with Crippen molar-refractivity contribution in [3.8, 4) is 11.5 Å². The molecule has 1 fully saturated rings. The van der Waals surface area contributed by atoms with Crippen molar-refractivity contribution in [1.82, 2.24) is 4.90 Å². The number of aromatic hydroxyl groups is 1. The Labute approximate surface area is 151 Å². The maximum absolute atomic E-state index is 13.1. The molecular weight excluding hydrogens is 337 g/mol. The molecule has 0 aromatic heterocycles. The standard InChI is InChI=1S/C20H22FNO4/c21-14-3-1-13(2-4-14)20(25)7-9-22(10-8-20)17-12-26-18-11-15(23)5-6-16(18)19(17)24/h1-6,11,17,19,23-25H,7-10,12H2/t17-,19+/m0/s1. The first kappa shape index (κ1) is 17.3. The van der Waals surface area contributed by atoms with Gasteiger partial charge in [0.25, 0.3) is 0 Å². The lowest BCUT2D eigenvalue weighted by Crippen LogP contribution is -2.52. The van der Waals surface area contributed by atoms with Crippen LogP contribution in [0.1, 0.15) is 30.1 Å². The Morgan fingerprint density at radius 2 is 1.77 bits per heavy atom. The van der Waals surface area contributed by atoms with E-state index in [0.717, 1.165) is 5.56 Å². The van der Waals surface area contributed by atoms with Gasteiger partial charge in [0.05, 0.1) is 11.6 Å². The smallest absolute Gasteiger partial charge is 0.128 e. The topological polar surface area (TPSA) is 73.2 Å². The number of hydrogen-bond acceptors (Lipinski definition) is 5. The van der Waals surface area contributed by atoms with Crippen LogP contribution in [-0.4, -0.2) is 46.0 Å². The van der Waals surface area contributed by atoms with Gasteiger partial charge in [0, 0.05) is 24.7 Å². The third-order valence-corrected chi connectivity index (χ3v) is 5.57. The molecule has 0 saturated carbocycles. The van der Waals surface area contributed by atoms with Gasteiger partial charge in [-0.3, -0.25) is 4.90 Å². The van der Waals surface area contributed by atoms with Crippen molar-refractivity contribution in [3.63, 3.8) is 0 Å². The Balaban J connectivity index is 1.46. The monoisotopic (exact) mass is 359 g/mol. The first-order valence-electron chi connectivity index (χ1n) is 8.82. The number of phenols is 1. The number of piperidine rings is 1. The van der Waals surface area contributed by atoms with E-state index in [9.17, 15) is 19.7 Å². The molecule has 2 aromatic rings. The van der Waals surface area contributed by atoms with Crippen molar-refractivity contribution in [2.24, 2.45) is 0 Å². The zero-order valence-corrected chi connectivity index (χ0v) is 14.3. The summed E-state index contributed by atoms with van der Waals surface area (Å²) in [5.74, 6) is 0.298. The largest absolute Gasteiger partial charge is 0.508 e. The Morgan fingerprint density at radius 3 is 2.46 bits per heavy atom. The van der Waals surface area contributed by atoms with Gasteiger partial charge in [-0.25, -0.2) is 4.39 Å². The molecule has 26 heavy (non-hydrogen) atoms. The Morgan fingerprint density at radius 1 is 1.08 bits per heavy atom. The summed E-state index contributed by atoms with van der Waals surface area (Å²) in [5, 5.41) is 31.2. The molecule has 2 aliphatic heterocycles. The number of likely N-dealkylation sites (tertiary alicyclic amines) is 1. The fraction of sp³-hybridized carbons (Fsp3) is 0.400. The molecule has 2 aromatic carbocycles. The van der Waals surface area contributed by atoms with Crippen LogP contribution >= 0.6 is 0 Å². The number of ether oxygens (including phenoxy) is 1. The van der Waals surface area contributed by atoms with E-state index in [2.05, 4.69) is 4.90 Å². The molecule has 0 bridgehead atoms. The summed E-state index contributed by atoms with van der Waals surface area (Å²) in [7, 11) is 0. The minimum atomic E-state index is -0.978. The van der Waals surface area contributed by atoms with Gasteiger partial charge < -0.3 is 20.1 Å². The number of phenolic OH excluding ortho intramolecular Hbond substituents is 1. The average molecular weight is 359 g/mol. The van der Waals surface area contributed by atoms with Crippen LogP contribution in [0, 0.1) is 5.82 Å². The fourth-order valence-electron chi connectivity index (χ4n) is 3.95. The Hall–Kier alpha value is -2.15. The second-order valence-corrected chi connectivity index (χ2v) is 7.12. The van der Waals surface area contributed by atoms with Crippen LogP contribution in [0.25, 0.3) is 0 Å². The van der Waals surface area contributed by atoms with E-state index in [1.807, 2.05) is 0 Å². The van der Waals surface area contributed by atoms with Gasteiger partial charge in [-0.05, 0) is 42.7 Å². The van der Waals surface area contributed by atoms with E-state index in [0.29, 0.717) is 43.9 Å². The number of rotatable bonds is 2.